The standard InChI is InChI=1S/C18H32O7S.Na/c1-3-5-7-8-9-10-11-12-14-25-18(20)16(26(21,22)23)15-17(19)24-13-6-4-2;/h4,6,16H,3,5,7-15H2,1-2H3,(H,21,22,23);/q;+1/p-1/b6-4+;. The van der Waals surface area contributed by atoms with Gasteiger partial charge in [0, 0.05) is 0 Å². The molecule has 27 heavy (non-hydrogen) atoms. The Morgan fingerprint density at radius 1 is 1.00 bits per heavy atom. The predicted molar refractivity (Wildman–Crippen MR) is 97.4 cm³/mol. The fourth-order valence-corrected chi connectivity index (χ4v) is 2.90. The van der Waals surface area contributed by atoms with Gasteiger partial charge in [0.15, 0.2) is 5.25 Å². The molecule has 0 bridgehead atoms. The van der Waals surface area contributed by atoms with Gasteiger partial charge in [-0.3, -0.25) is 9.59 Å². The number of rotatable bonds is 15. The van der Waals surface area contributed by atoms with E-state index in [0.717, 1.165) is 19.3 Å². The maximum atomic E-state index is 11.8. The number of allylic oxidation sites excluding steroid dienone is 1. The molecule has 1 atom stereocenters. The van der Waals surface area contributed by atoms with Crippen LogP contribution in [0.25, 0.3) is 0 Å². The monoisotopic (exact) mass is 414 g/mol. The molecule has 0 saturated heterocycles. The van der Waals surface area contributed by atoms with Crippen molar-refractivity contribution in [1.82, 2.24) is 0 Å². The Hall–Kier alpha value is -0.410. The Kier molecular flexibility index (Phi) is 18.8. The van der Waals surface area contributed by atoms with Gasteiger partial charge in [-0.2, -0.15) is 0 Å². The van der Waals surface area contributed by atoms with E-state index < -0.39 is 33.7 Å². The maximum absolute atomic E-state index is 11.8. The van der Waals surface area contributed by atoms with Gasteiger partial charge in [-0.1, -0.05) is 64.0 Å². The van der Waals surface area contributed by atoms with Crippen molar-refractivity contribution >= 4 is 22.1 Å². The van der Waals surface area contributed by atoms with E-state index in [2.05, 4.69) is 6.92 Å². The summed E-state index contributed by atoms with van der Waals surface area (Å²) in [6, 6.07) is 0. The van der Waals surface area contributed by atoms with Gasteiger partial charge in [0.1, 0.15) is 16.7 Å². The zero-order chi connectivity index (χ0) is 19.8. The first-order valence-corrected chi connectivity index (χ1v) is 10.7. The van der Waals surface area contributed by atoms with Crippen LogP contribution in [0.3, 0.4) is 0 Å². The molecule has 7 nitrogen and oxygen atoms in total. The number of hydrogen-bond donors (Lipinski definition) is 0. The Morgan fingerprint density at radius 3 is 2.07 bits per heavy atom. The molecule has 0 saturated carbocycles. The minimum atomic E-state index is -4.99. The molecular weight excluding hydrogens is 383 g/mol. The number of hydrogen-bond acceptors (Lipinski definition) is 7. The summed E-state index contributed by atoms with van der Waals surface area (Å²) in [6.07, 6.45) is 10.8. The molecule has 0 aromatic heterocycles. The van der Waals surface area contributed by atoms with Crippen LogP contribution in [0.2, 0.25) is 0 Å². The third-order valence-electron chi connectivity index (χ3n) is 3.78. The molecule has 0 spiro atoms. The molecule has 0 rings (SSSR count). The summed E-state index contributed by atoms with van der Waals surface area (Å²) in [7, 11) is -4.99. The summed E-state index contributed by atoms with van der Waals surface area (Å²) >= 11 is 0. The largest absolute Gasteiger partial charge is 1.00 e. The summed E-state index contributed by atoms with van der Waals surface area (Å²) in [4.78, 5) is 23.4. The molecule has 0 aromatic rings. The average Bonchev–Trinajstić information content (AvgIpc) is 2.57. The van der Waals surface area contributed by atoms with E-state index in [1.807, 2.05) is 0 Å². The zero-order valence-electron chi connectivity index (χ0n) is 16.8. The maximum Gasteiger partial charge on any atom is 1.00 e. The first-order valence-electron chi connectivity index (χ1n) is 9.21. The third-order valence-corrected chi connectivity index (χ3v) is 4.84. The Balaban J connectivity index is 0. The summed E-state index contributed by atoms with van der Waals surface area (Å²) in [5.74, 6) is -2.12. The molecule has 0 N–H and O–H groups in total. The van der Waals surface area contributed by atoms with Crippen LogP contribution in [0.5, 0.6) is 0 Å². The second-order valence-electron chi connectivity index (χ2n) is 6.08. The van der Waals surface area contributed by atoms with Crippen molar-refractivity contribution in [2.45, 2.75) is 76.9 Å². The molecule has 1 unspecified atom stereocenters. The zero-order valence-corrected chi connectivity index (χ0v) is 19.6. The molecular formula is C18H31NaO7S. The van der Waals surface area contributed by atoms with Crippen LogP contribution in [0.4, 0.5) is 0 Å². The van der Waals surface area contributed by atoms with Gasteiger partial charge in [-0.25, -0.2) is 8.42 Å². The van der Waals surface area contributed by atoms with Crippen molar-refractivity contribution in [3.8, 4) is 0 Å². The van der Waals surface area contributed by atoms with Crippen molar-refractivity contribution < 1.29 is 61.6 Å². The average molecular weight is 414 g/mol. The number of esters is 2. The Morgan fingerprint density at radius 2 is 1.56 bits per heavy atom. The second-order valence-corrected chi connectivity index (χ2v) is 7.63. The molecule has 0 fully saturated rings. The van der Waals surface area contributed by atoms with Crippen LogP contribution in [0.15, 0.2) is 12.2 Å². The quantitative estimate of drug-likeness (QED) is 0.123. The predicted octanol–water partition coefficient (Wildman–Crippen LogP) is 0.0975. The number of carbonyl (C=O) groups excluding carboxylic acids is 2. The first kappa shape index (κ1) is 28.8. The topological polar surface area (TPSA) is 110 Å². The summed E-state index contributed by atoms with van der Waals surface area (Å²) in [6.45, 7) is 3.87. The van der Waals surface area contributed by atoms with Crippen molar-refractivity contribution in [1.29, 1.82) is 0 Å². The smallest absolute Gasteiger partial charge is 0.747 e. The molecule has 9 heteroatoms. The first-order chi connectivity index (χ1) is 12.3. The summed E-state index contributed by atoms with van der Waals surface area (Å²) in [5.41, 5.74) is 0. The normalized spacial score (nSPS) is 12.4. The molecule has 0 aromatic carbocycles. The van der Waals surface area contributed by atoms with Crippen molar-refractivity contribution in [2.75, 3.05) is 13.2 Å². The molecule has 0 radical (unpaired) electrons. The van der Waals surface area contributed by atoms with Crippen molar-refractivity contribution in [3.63, 3.8) is 0 Å². The van der Waals surface area contributed by atoms with Gasteiger partial charge in [-0.05, 0) is 13.3 Å². The third kappa shape index (κ3) is 16.3. The minimum absolute atomic E-state index is 0. The van der Waals surface area contributed by atoms with E-state index in [4.69, 9.17) is 9.47 Å². The number of carbonyl (C=O) groups is 2. The van der Waals surface area contributed by atoms with E-state index in [-0.39, 0.29) is 42.8 Å². The molecule has 0 amide bonds. The molecule has 0 aliphatic heterocycles. The SMILES string of the molecule is C/C=C/COC(=O)CC(C(=O)OCCCCCCCCCC)S(=O)(=O)[O-].[Na+]. The summed E-state index contributed by atoms with van der Waals surface area (Å²) < 4.78 is 43.2. The van der Waals surface area contributed by atoms with Gasteiger partial charge < -0.3 is 14.0 Å². The second kappa shape index (κ2) is 17.7. The van der Waals surface area contributed by atoms with E-state index >= 15 is 0 Å². The van der Waals surface area contributed by atoms with Crippen LogP contribution in [0, 0.1) is 0 Å². The van der Waals surface area contributed by atoms with Crippen LogP contribution < -0.4 is 29.6 Å². The van der Waals surface area contributed by atoms with E-state index in [1.54, 1.807) is 19.1 Å². The Labute approximate surface area is 185 Å². The molecule has 0 aliphatic rings. The van der Waals surface area contributed by atoms with E-state index in [9.17, 15) is 22.6 Å². The number of unbranched alkanes of at least 4 members (excludes halogenated alkanes) is 7. The van der Waals surface area contributed by atoms with E-state index in [1.165, 1.54) is 25.7 Å². The van der Waals surface area contributed by atoms with Crippen LogP contribution in [-0.4, -0.2) is 43.4 Å². The van der Waals surface area contributed by atoms with Gasteiger partial charge in [0.2, 0.25) is 0 Å². The molecule has 0 aliphatic carbocycles. The van der Waals surface area contributed by atoms with Crippen molar-refractivity contribution in [3.05, 3.63) is 12.2 Å². The van der Waals surface area contributed by atoms with Gasteiger partial charge in [0.25, 0.3) is 0 Å². The van der Waals surface area contributed by atoms with Gasteiger partial charge in [-0.15, -0.1) is 0 Å². The Bertz CT molecular complexity index is 532. The fourth-order valence-electron chi connectivity index (χ4n) is 2.25. The van der Waals surface area contributed by atoms with Crippen LogP contribution in [-0.2, 0) is 29.2 Å². The van der Waals surface area contributed by atoms with Gasteiger partial charge in [0.05, 0.1) is 13.0 Å². The van der Waals surface area contributed by atoms with Crippen molar-refractivity contribution in [2.24, 2.45) is 0 Å². The van der Waals surface area contributed by atoms with E-state index in [0.29, 0.717) is 6.42 Å². The summed E-state index contributed by atoms with van der Waals surface area (Å²) in [5, 5.41) is -2.06. The molecule has 152 valence electrons. The van der Waals surface area contributed by atoms with Gasteiger partial charge >= 0.3 is 41.5 Å². The van der Waals surface area contributed by atoms with Crippen LogP contribution >= 0.6 is 0 Å². The number of ether oxygens (including phenoxy) is 2. The fraction of sp³-hybridized carbons (Fsp3) is 0.778. The minimum Gasteiger partial charge on any atom is -0.747 e. The molecule has 0 heterocycles. The van der Waals surface area contributed by atoms with Crippen LogP contribution in [0.1, 0.15) is 71.6 Å².